The molecule has 0 N–H and O–H groups in total. The second-order valence-corrected chi connectivity index (χ2v) is 8.70. The van der Waals surface area contributed by atoms with E-state index in [4.69, 9.17) is 0 Å². The Hall–Kier alpha value is -1.78. The number of hydrogen-bond acceptors (Lipinski definition) is 3. The molecule has 2 aliphatic heterocycles. The molecular weight excluding hydrogens is 352 g/mol. The van der Waals surface area contributed by atoms with Crippen LogP contribution in [-0.4, -0.2) is 53.4 Å². The van der Waals surface area contributed by atoms with Gasteiger partial charge in [-0.15, -0.1) is 0 Å². The zero-order chi connectivity index (χ0) is 18.5. The monoisotopic (exact) mass is 380 g/mol. The summed E-state index contributed by atoms with van der Waals surface area (Å²) >= 11 is 1.96. The number of thioether (sulfide) groups is 1. The third kappa shape index (κ3) is 4.39. The highest BCUT2D eigenvalue weighted by atomic mass is 32.2. The summed E-state index contributed by atoms with van der Waals surface area (Å²) in [5.74, 6) is 2.78. The molecule has 27 heavy (non-hydrogen) atoms. The molecule has 0 bridgehead atoms. The van der Waals surface area contributed by atoms with Crippen LogP contribution in [0.2, 0.25) is 0 Å². The summed E-state index contributed by atoms with van der Waals surface area (Å²) in [6.45, 7) is 3.82. The van der Waals surface area contributed by atoms with Gasteiger partial charge in [0.2, 0.25) is 5.91 Å². The van der Waals surface area contributed by atoms with Gasteiger partial charge in [-0.05, 0) is 37.1 Å². The maximum atomic E-state index is 12.9. The van der Waals surface area contributed by atoms with E-state index in [9.17, 15) is 4.79 Å². The van der Waals surface area contributed by atoms with Gasteiger partial charge in [-0.25, -0.2) is 0 Å². The molecule has 0 saturated carbocycles. The van der Waals surface area contributed by atoms with Gasteiger partial charge in [0.25, 0.3) is 0 Å². The third-order valence-electron chi connectivity index (χ3n) is 5.80. The van der Waals surface area contributed by atoms with Crippen molar-refractivity contribution >= 4 is 17.7 Å². The lowest BCUT2D eigenvalue weighted by atomic mass is 9.90. The first kappa shape index (κ1) is 18.6. The van der Waals surface area contributed by atoms with Crippen LogP contribution in [0.1, 0.15) is 30.0 Å². The molecule has 2 aliphatic rings. The summed E-state index contributed by atoms with van der Waals surface area (Å²) in [4.78, 5) is 17.5. The number of benzene rings is 2. The van der Waals surface area contributed by atoms with Crippen molar-refractivity contribution in [2.75, 3.05) is 37.7 Å². The fourth-order valence-corrected chi connectivity index (χ4v) is 5.23. The predicted octanol–water partition coefficient (Wildman–Crippen LogP) is 4.06. The topological polar surface area (TPSA) is 23.6 Å². The highest BCUT2D eigenvalue weighted by molar-refractivity contribution is 7.99. The van der Waals surface area contributed by atoms with E-state index in [1.165, 1.54) is 11.1 Å². The molecule has 0 radical (unpaired) electrons. The van der Waals surface area contributed by atoms with Crippen molar-refractivity contribution in [2.45, 2.75) is 18.9 Å². The first-order valence-electron chi connectivity index (χ1n) is 10.0. The van der Waals surface area contributed by atoms with Crippen molar-refractivity contribution in [3.8, 4) is 0 Å². The van der Waals surface area contributed by atoms with Crippen LogP contribution in [0.3, 0.4) is 0 Å². The van der Waals surface area contributed by atoms with Gasteiger partial charge in [0.1, 0.15) is 0 Å². The van der Waals surface area contributed by atoms with Gasteiger partial charge in [0.05, 0.1) is 6.04 Å². The lowest BCUT2D eigenvalue weighted by Gasteiger charge is -2.39. The first-order valence-corrected chi connectivity index (χ1v) is 11.2. The van der Waals surface area contributed by atoms with E-state index in [1.807, 2.05) is 11.8 Å². The van der Waals surface area contributed by atoms with E-state index in [1.54, 1.807) is 0 Å². The minimum atomic E-state index is 0.205. The Bertz CT molecular complexity index is 683. The molecule has 4 heteroatoms. The van der Waals surface area contributed by atoms with Crippen LogP contribution in [0.15, 0.2) is 60.7 Å². The van der Waals surface area contributed by atoms with Crippen molar-refractivity contribution in [3.63, 3.8) is 0 Å². The Labute approximate surface area is 166 Å². The van der Waals surface area contributed by atoms with Crippen LogP contribution in [-0.2, 0) is 4.79 Å². The zero-order valence-electron chi connectivity index (χ0n) is 15.8. The van der Waals surface area contributed by atoms with Gasteiger partial charge >= 0.3 is 0 Å². The first-order chi connectivity index (χ1) is 13.3. The minimum Gasteiger partial charge on any atom is -0.341 e. The number of carbonyl (C=O) groups is 1. The quantitative estimate of drug-likeness (QED) is 0.799. The summed E-state index contributed by atoms with van der Waals surface area (Å²) in [7, 11) is 0. The summed E-state index contributed by atoms with van der Waals surface area (Å²) in [6.07, 6.45) is 1.94. The van der Waals surface area contributed by atoms with Gasteiger partial charge in [-0.2, -0.15) is 11.8 Å². The minimum absolute atomic E-state index is 0.205. The maximum absolute atomic E-state index is 12.9. The van der Waals surface area contributed by atoms with Gasteiger partial charge in [0.15, 0.2) is 0 Å². The molecule has 1 amide bonds. The van der Waals surface area contributed by atoms with Gasteiger partial charge in [-0.1, -0.05) is 60.7 Å². The van der Waals surface area contributed by atoms with Crippen molar-refractivity contribution < 1.29 is 4.79 Å². The molecule has 0 unspecified atom stereocenters. The molecular formula is C23H28N2OS. The fraction of sp³-hybridized carbons (Fsp3) is 0.435. The number of amides is 1. The van der Waals surface area contributed by atoms with E-state index < -0.39 is 0 Å². The SMILES string of the molecule is O=C(C1CCN(C(c2ccccc2)c2ccccc2)CC1)N1CCSCC1. The summed E-state index contributed by atoms with van der Waals surface area (Å²) in [6, 6.07) is 21.8. The van der Waals surface area contributed by atoms with E-state index in [0.29, 0.717) is 5.91 Å². The Kier molecular flexibility index (Phi) is 6.15. The van der Waals surface area contributed by atoms with Crippen LogP contribution in [0.4, 0.5) is 0 Å². The van der Waals surface area contributed by atoms with Crippen LogP contribution in [0.25, 0.3) is 0 Å². The van der Waals surface area contributed by atoms with Crippen molar-refractivity contribution in [1.29, 1.82) is 0 Å². The van der Waals surface area contributed by atoms with E-state index in [0.717, 1.165) is 50.5 Å². The summed E-state index contributed by atoms with van der Waals surface area (Å²) in [5.41, 5.74) is 2.67. The Morgan fingerprint density at radius 2 is 1.33 bits per heavy atom. The van der Waals surface area contributed by atoms with Gasteiger partial charge in [-0.3, -0.25) is 9.69 Å². The van der Waals surface area contributed by atoms with Crippen LogP contribution < -0.4 is 0 Å². The molecule has 3 nitrogen and oxygen atoms in total. The highest BCUT2D eigenvalue weighted by Gasteiger charge is 2.32. The molecule has 0 atom stereocenters. The highest BCUT2D eigenvalue weighted by Crippen LogP contribution is 2.33. The van der Waals surface area contributed by atoms with E-state index >= 15 is 0 Å². The number of rotatable bonds is 4. The molecule has 2 fully saturated rings. The van der Waals surface area contributed by atoms with E-state index in [2.05, 4.69) is 70.5 Å². The van der Waals surface area contributed by atoms with E-state index in [-0.39, 0.29) is 12.0 Å². The summed E-state index contributed by atoms with van der Waals surface area (Å²) < 4.78 is 0. The average molecular weight is 381 g/mol. The zero-order valence-corrected chi connectivity index (χ0v) is 16.6. The molecule has 2 saturated heterocycles. The normalized spacial score (nSPS) is 19.4. The number of carbonyl (C=O) groups excluding carboxylic acids is 1. The second kappa shape index (κ2) is 8.94. The molecule has 0 aromatic heterocycles. The number of hydrogen-bond donors (Lipinski definition) is 0. The Balaban J connectivity index is 1.46. The van der Waals surface area contributed by atoms with Gasteiger partial charge in [0, 0.05) is 30.5 Å². The lowest BCUT2D eigenvalue weighted by molar-refractivity contribution is -0.136. The Morgan fingerprint density at radius 1 is 0.815 bits per heavy atom. The van der Waals surface area contributed by atoms with Crippen LogP contribution >= 0.6 is 11.8 Å². The van der Waals surface area contributed by atoms with Crippen molar-refractivity contribution in [2.24, 2.45) is 5.92 Å². The average Bonchev–Trinajstić information content (AvgIpc) is 2.76. The summed E-state index contributed by atoms with van der Waals surface area (Å²) in [5, 5.41) is 0. The van der Waals surface area contributed by atoms with Crippen LogP contribution in [0.5, 0.6) is 0 Å². The molecule has 2 aromatic rings. The van der Waals surface area contributed by atoms with Crippen LogP contribution in [0, 0.1) is 5.92 Å². The molecule has 0 spiro atoms. The smallest absolute Gasteiger partial charge is 0.225 e. The Morgan fingerprint density at radius 3 is 1.85 bits per heavy atom. The number of likely N-dealkylation sites (tertiary alicyclic amines) is 1. The molecule has 2 heterocycles. The van der Waals surface area contributed by atoms with Crippen molar-refractivity contribution in [1.82, 2.24) is 9.80 Å². The van der Waals surface area contributed by atoms with Gasteiger partial charge < -0.3 is 4.90 Å². The maximum Gasteiger partial charge on any atom is 0.225 e. The fourth-order valence-electron chi connectivity index (χ4n) is 4.33. The van der Waals surface area contributed by atoms with Crippen molar-refractivity contribution in [3.05, 3.63) is 71.8 Å². The predicted molar refractivity (Wildman–Crippen MR) is 113 cm³/mol. The second-order valence-electron chi connectivity index (χ2n) is 7.47. The standard InChI is InChI=1S/C23H28N2OS/c26-23(25-15-17-27-18-16-25)21-11-13-24(14-12-21)22(19-7-3-1-4-8-19)20-9-5-2-6-10-20/h1-10,21-22H,11-18H2. The number of nitrogens with zero attached hydrogens (tertiary/aromatic N) is 2. The third-order valence-corrected chi connectivity index (χ3v) is 6.74. The molecule has 4 rings (SSSR count). The molecule has 142 valence electrons. The number of piperidine rings is 1. The largest absolute Gasteiger partial charge is 0.341 e. The molecule has 2 aromatic carbocycles. The lowest BCUT2D eigenvalue weighted by Crippen LogP contribution is -2.46. The molecule has 0 aliphatic carbocycles.